The Bertz CT molecular complexity index is 148. The molecule has 0 aliphatic heterocycles. The van der Waals surface area contributed by atoms with Gasteiger partial charge in [-0.3, -0.25) is 0 Å². The molecule has 0 aromatic heterocycles. The van der Waals surface area contributed by atoms with Crippen molar-refractivity contribution < 1.29 is 9.84 Å². The molecule has 84 valence electrons. The third-order valence-corrected chi connectivity index (χ3v) is 3.39. The first kappa shape index (κ1) is 12.0. The Morgan fingerprint density at radius 2 is 1.64 bits per heavy atom. The Hall–Kier alpha value is -0.0800. The Morgan fingerprint density at radius 3 is 2.14 bits per heavy atom. The van der Waals surface area contributed by atoms with Crippen molar-refractivity contribution in [3.05, 3.63) is 0 Å². The third kappa shape index (κ3) is 3.25. The van der Waals surface area contributed by atoms with Gasteiger partial charge >= 0.3 is 0 Å². The monoisotopic (exact) mass is 200 g/mol. The maximum Gasteiger partial charge on any atom is 0.0905 e. The minimum absolute atomic E-state index is 0.00870. The number of ether oxygens (including phenoxy) is 1. The first-order valence-electron chi connectivity index (χ1n) is 6.03. The zero-order valence-corrected chi connectivity index (χ0v) is 9.59. The lowest BCUT2D eigenvalue weighted by atomic mass is 9.83. The number of rotatable bonds is 3. The lowest BCUT2D eigenvalue weighted by Gasteiger charge is -2.35. The van der Waals surface area contributed by atoms with Crippen molar-refractivity contribution in [3.8, 4) is 0 Å². The molecule has 1 N–H and O–H groups in total. The average molecular weight is 200 g/mol. The van der Waals surface area contributed by atoms with Gasteiger partial charge in [0.15, 0.2) is 0 Å². The molecule has 1 aliphatic rings. The summed E-state index contributed by atoms with van der Waals surface area (Å²) in [7, 11) is 0. The van der Waals surface area contributed by atoms with Crippen molar-refractivity contribution in [1.29, 1.82) is 0 Å². The van der Waals surface area contributed by atoms with Crippen LogP contribution in [0.5, 0.6) is 0 Å². The topological polar surface area (TPSA) is 29.5 Å². The minimum atomic E-state index is -0.559. The molecular weight excluding hydrogens is 176 g/mol. The van der Waals surface area contributed by atoms with Crippen LogP contribution in [0.3, 0.4) is 0 Å². The molecule has 14 heavy (non-hydrogen) atoms. The molecule has 0 amide bonds. The standard InChI is InChI=1S/C12H24O2/c1-3-14-11(2)12(13)9-7-5-4-6-8-10-12/h11,13H,3-10H2,1-2H3. The van der Waals surface area contributed by atoms with Crippen LogP contribution in [0.2, 0.25) is 0 Å². The second-order valence-electron chi connectivity index (χ2n) is 4.47. The highest BCUT2D eigenvalue weighted by Crippen LogP contribution is 2.30. The molecule has 2 nitrogen and oxygen atoms in total. The van der Waals surface area contributed by atoms with Gasteiger partial charge in [0.05, 0.1) is 11.7 Å². The van der Waals surface area contributed by atoms with Crippen molar-refractivity contribution in [3.63, 3.8) is 0 Å². The van der Waals surface area contributed by atoms with Crippen LogP contribution in [0.4, 0.5) is 0 Å². The van der Waals surface area contributed by atoms with Gasteiger partial charge in [-0.2, -0.15) is 0 Å². The lowest BCUT2D eigenvalue weighted by Crippen LogP contribution is -2.42. The number of hydrogen-bond donors (Lipinski definition) is 1. The van der Waals surface area contributed by atoms with Gasteiger partial charge in [-0.25, -0.2) is 0 Å². The van der Waals surface area contributed by atoms with Crippen LogP contribution in [0.15, 0.2) is 0 Å². The van der Waals surface area contributed by atoms with E-state index in [0.717, 1.165) is 25.7 Å². The van der Waals surface area contributed by atoms with Crippen LogP contribution in [-0.2, 0) is 4.74 Å². The average Bonchev–Trinajstić information content (AvgIpc) is 2.12. The zero-order valence-electron chi connectivity index (χ0n) is 9.59. The summed E-state index contributed by atoms with van der Waals surface area (Å²) >= 11 is 0. The van der Waals surface area contributed by atoms with Gasteiger partial charge in [0.25, 0.3) is 0 Å². The van der Waals surface area contributed by atoms with E-state index in [4.69, 9.17) is 4.74 Å². The summed E-state index contributed by atoms with van der Waals surface area (Å²) in [5, 5.41) is 10.5. The van der Waals surface area contributed by atoms with Gasteiger partial charge in [-0.05, 0) is 26.7 Å². The highest BCUT2D eigenvalue weighted by molar-refractivity contribution is 4.86. The summed E-state index contributed by atoms with van der Waals surface area (Å²) in [6, 6.07) is 0. The van der Waals surface area contributed by atoms with Crippen LogP contribution >= 0.6 is 0 Å². The summed E-state index contributed by atoms with van der Waals surface area (Å²) in [5.41, 5.74) is -0.559. The third-order valence-electron chi connectivity index (χ3n) is 3.39. The summed E-state index contributed by atoms with van der Waals surface area (Å²) in [5.74, 6) is 0. The van der Waals surface area contributed by atoms with Crippen LogP contribution in [-0.4, -0.2) is 23.4 Å². The Kier molecular flexibility index (Phi) is 4.90. The maximum atomic E-state index is 10.5. The second-order valence-corrected chi connectivity index (χ2v) is 4.47. The molecule has 2 heteroatoms. The summed E-state index contributed by atoms with van der Waals surface area (Å²) in [6.07, 6.45) is 7.97. The van der Waals surface area contributed by atoms with E-state index in [9.17, 15) is 5.11 Å². The zero-order chi connectivity index (χ0) is 10.4. The van der Waals surface area contributed by atoms with Crippen LogP contribution in [0.25, 0.3) is 0 Å². The molecule has 0 radical (unpaired) electrons. The van der Waals surface area contributed by atoms with Gasteiger partial charge in [-0.1, -0.05) is 32.1 Å². The highest BCUT2D eigenvalue weighted by atomic mass is 16.5. The van der Waals surface area contributed by atoms with Crippen molar-refractivity contribution in [2.45, 2.75) is 70.5 Å². The first-order valence-corrected chi connectivity index (χ1v) is 6.03. The summed E-state index contributed by atoms with van der Waals surface area (Å²) in [4.78, 5) is 0. The first-order chi connectivity index (χ1) is 6.69. The molecule has 1 fully saturated rings. The fourth-order valence-electron chi connectivity index (χ4n) is 2.33. The van der Waals surface area contributed by atoms with E-state index in [0.29, 0.717) is 6.61 Å². The van der Waals surface area contributed by atoms with E-state index in [1.807, 2.05) is 13.8 Å². The van der Waals surface area contributed by atoms with Crippen molar-refractivity contribution in [1.82, 2.24) is 0 Å². The normalized spacial score (nSPS) is 25.1. The fourth-order valence-corrected chi connectivity index (χ4v) is 2.33. The Morgan fingerprint density at radius 1 is 1.14 bits per heavy atom. The van der Waals surface area contributed by atoms with Gasteiger partial charge in [0, 0.05) is 6.61 Å². The highest BCUT2D eigenvalue weighted by Gasteiger charge is 2.33. The molecule has 1 aliphatic carbocycles. The molecule has 0 saturated heterocycles. The number of hydrogen-bond acceptors (Lipinski definition) is 2. The SMILES string of the molecule is CCOC(C)C1(O)CCCCCCC1. The molecule has 0 heterocycles. The molecule has 0 aromatic carbocycles. The molecule has 1 unspecified atom stereocenters. The number of aliphatic hydroxyl groups is 1. The second kappa shape index (κ2) is 5.72. The van der Waals surface area contributed by atoms with Crippen molar-refractivity contribution in [2.24, 2.45) is 0 Å². The minimum Gasteiger partial charge on any atom is -0.387 e. The van der Waals surface area contributed by atoms with E-state index in [2.05, 4.69) is 0 Å². The molecule has 0 spiro atoms. The fraction of sp³-hybridized carbons (Fsp3) is 1.00. The van der Waals surface area contributed by atoms with E-state index >= 15 is 0 Å². The smallest absolute Gasteiger partial charge is 0.0905 e. The lowest BCUT2D eigenvalue weighted by molar-refractivity contribution is -0.110. The van der Waals surface area contributed by atoms with Gasteiger partial charge in [0.2, 0.25) is 0 Å². The molecular formula is C12H24O2. The van der Waals surface area contributed by atoms with Crippen LogP contribution in [0.1, 0.15) is 58.8 Å². The van der Waals surface area contributed by atoms with Crippen LogP contribution < -0.4 is 0 Å². The van der Waals surface area contributed by atoms with Gasteiger partial charge < -0.3 is 9.84 Å². The molecule has 0 aromatic rings. The van der Waals surface area contributed by atoms with E-state index in [1.165, 1.54) is 19.3 Å². The molecule has 1 atom stereocenters. The van der Waals surface area contributed by atoms with Crippen LogP contribution in [0, 0.1) is 0 Å². The maximum absolute atomic E-state index is 10.5. The largest absolute Gasteiger partial charge is 0.387 e. The Labute approximate surface area is 87.7 Å². The predicted octanol–water partition coefficient (Wildman–Crippen LogP) is 2.89. The van der Waals surface area contributed by atoms with Gasteiger partial charge in [0.1, 0.15) is 0 Å². The van der Waals surface area contributed by atoms with Crippen molar-refractivity contribution in [2.75, 3.05) is 6.61 Å². The van der Waals surface area contributed by atoms with E-state index in [-0.39, 0.29) is 6.10 Å². The molecule has 1 rings (SSSR count). The summed E-state index contributed by atoms with van der Waals surface area (Å²) in [6.45, 7) is 4.69. The summed E-state index contributed by atoms with van der Waals surface area (Å²) < 4.78 is 5.53. The molecule has 1 saturated carbocycles. The van der Waals surface area contributed by atoms with Gasteiger partial charge in [-0.15, -0.1) is 0 Å². The van der Waals surface area contributed by atoms with E-state index < -0.39 is 5.60 Å². The van der Waals surface area contributed by atoms with E-state index in [1.54, 1.807) is 0 Å². The molecule has 0 bridgehead atoms. The van der Waals surface area contributed by atoms with Crippen molar-refractivity contribution >= 4 is 0 Å². The predicted molar refractivity (Wildman–Crippen MR) is 58.4 cm³/mol. The quantitative estimate of drug-likeness (QED) is 0.759. The Balaban J connectivity index is 2.49.